The molecule has 0 aliphatic rings. The highest BCUT2D eigenvalue weighted by molar-refractivity contribution is 5.78. The van der Waals surface area contributed by atoms with Gasteiger partial charge in [0.15, 0.2) is 0 Å². The van der Waals surface area contributed by atoms with Gasteiger partial charge in [0.1, 0.15) is 11.5 Å². The van der Waals surface area contributed by atoms with Crippen LogP contribution in [0.25, 0.3) is 0 Å². The van der Waals surface area contributed by atoms with Crippen LogP contribution >= 0.6 is 0 Å². The van der Waals surface area contributed by atoms with Crippen LogP contribution in [0.3, 0.4) is 0 Å². The van der Waals surface area contributed by atoms with Gasteiger partial charge in [0.05, 0.1) is 18.1 Å². The first-order valence-electron chi connectivity index (χ1n) is 7.69. The van der Waals surface area contributed by atoms with Crippen LogP contribution in [0.15, 0.2) is 18.2 Å². The summed E-state index contributed by atoms with van der Waals surface area (Å²) in [5.41, 5.74) is -0.00908. The minimum Gasteiger partial charge on any atom is -0.497 e. The lowest BCUT2D eigenvalue weighted by Gasteiger charge is -2.31. The van der Waals surface area contributed by atoms with Gasteiger partial charge >= 0.3 is 5.97 Å². The first kappa shape index (κ1) is 18.5. The molecule has 0 radical (unpaired) electrons. The van der Waals surface area contributed by atoms with Gasteiger partial charge in [-0.05, 0) is 51.3 Å². The van der Waals surface area contributed by atoms with E-state index in [4.69, 9.17) is 14.2 Å². The lowest BCUT2D eigenvalue weighted by molar-refractivity contribution is -0.143. The first-order chi connectivity index (χ1) is 10.2. The summed E-state index contributed by atoms with van der Waals surface area (Å²) in [5, 5.41) is 0. The topological polar surface area (TPSA) is 44.8 Å². The fraction of sp³-hybridized carbons (Fsp3) is 0.611. The summed E-state index contributed by atoms with van der Waals surface area (Å²) in [6.45, 7) is 9.64. The van der Waals surface area contributed by atoms with Crippen LogP contribution in [0.4, 0.5) is 0 Å². The zero-order chi connectivity index (χ0) is 17.0. The van der Waals surface area contributed by atoms with Gasteiger partial charge in [-0.1, -0.05) is 13.8 Å². The molecule has 0 heterocycles. The quantitative estimate of drug-likeness (QED) is 0.580. The average molecular weight is 308 g/mol. The van der Waals surface area contributed by atoms with Crippen molar-refractivity contribution in [1.82, 2.24) is 0 Å². The molecular weight excluding hydrogens is 280 g/mol. The summed E-state index contributed by atoms with van der Waals surface area (Å²) >= 11 is 0. The Hall–Kier alpha value is -1.55. The second kappa shape index (κ2) is 7.14. The van der Waals surface area contributed by atoms with Crippen LogP contribution in [0.2, 0.25) is 0 Å². The SMILES string of the molecule is CCC(CC)(OC)c1cc(OC)cc(OC(=O)C(C)(C)C)c1. The highest BCUT2D eigenvalue weighted by Gasteiger charge is 2.30. The van der Waals surface area contributed by atoms with E-state index >= 15 is 0 Å². The molecule has 0 N–H and O–H groups in total. The molecule has 0 aliphatic heterocycles. The lowest BCUT2D eigenvalue weighted by atomic mass is 9.88. The van der Waals surface area contributed by atoms with E-state index in [-0.39, 0.29) is 5.97 Å². The smallest absolute Gasteiger partial charge is 0.316 e. The molecule has 0 aliphatic carbocycles. The molecule has 124 valence electrons. The van der Waals surface area contributed by atoms with Gasteiger partial charge in [-0.2, -0.15) is 0 Å². The van der Waals surface area contributed by atoms with Crippen LogP contribution in [-0.4, -0.2) is 20.2 Å². The Balaban J connectivity index is 3.27. The molecule has 1 aromatic rings. The van der Waals surface area contributed by atoms with Crippen molar-refractivity contribution in [2.45, 2.75) is 53.1 Å². The highest BCUT2D eigenvalue weighted by atomic mass is 16.5. The average Bonchev–Trinajstić information content (AvgIpc) is 2.48. The molecule has 0 amide bonds. The molecule has 0 bridgehead atoms. The van der Waals surface area contributed by atoms with Crippen molar-refractivity contribution in [1.29, 1.82) is 0 Å². The van der Waals surface area contributed by atoms with Gasteiger partial charge in [-0.15, -0.1) is 0 Å². The normalized spacial score (nSPS) is 12.1. The van der Waals surface area contributed by atoms with Crippen LogP contribution in [0.5, 0.6) is 11.5 Å². The molecule has 0 spiro atoms. The first-order valence-corrected chi connectivity index (χ1v) is 7.69. The Morgan fingerprint density at radius 1 is 1.00 bits per heavy atom. The van der Waals surface area contributed by atoms with Gasteiger partial charge in [0.2, 0.25) is 0 Å². The largest absolute Gasteiger partial charge is 0.497 e. The molecule has 0 saturated heterocycles. The Kier molecular flexibility index (Phi) is 6.00. The second-order valence-corrected chi connectivity index (χ2v) is 6.44. The summed E-state index contributed by atoms with van der Waals surface area (Å²) in [4.78, 5) is 12.1. The van der Waals surface area contributed by atoms with E-state index in [1.54, 1.807) is 20.3 Å². The van der Waals surface area contributed by atoms with Crippen molar-refractivity contribution >= 4 is 5.97 Å². The summed E-state index contributed by atoms with van der Waals surface area (Å²) in [7, 11) is 3.30. The van der Waals surface area contributed by atoms with E-state index in [0.29, 0.717) is 11.5 Å². The van der Waals surface area contributed by atoms with Gasteiger partial charge in [-0.3, -0.25) is 4.79 Å². The van der Waals surface area contributed by atoms with Crippen LogP contribution in [0.1, 0.15) is 53.0 Å². The third-order valence-corrected chi connectivity index (χ3v) is 4.00. The highest BCUT2D eigenvalue weighted by Crippen LogP contribution is 2.37. The maximum Gasteiger partial charge on any atom is 0.316 e. The monoisotopic (exact) mass is 308 g/mol. The minimum atomic E-state index is -0.558. The van der Waals surface area contributed by atoms with E-state index in [0.717, 1.165) is 18.4 Å². The molecule has 1 aromatic carbocycles. The van der Waals surface area contributed by atoms with Crippen molar-refractivity contribution in [3.63, 3.8) is 0 Å². The van der Waals surface area contributed by atoms with Gasteiger partial charge < -0.3 is 14.2 Å². The molecule has 4 nitrogen and oxygen atoms in total. The number of ether oxygens (including phenoxy) is 3. The number of hydrogen-bond donors (Lipinski definition) is 0. The number of esters is 1. The molecule has 22 heavy (non-hydrogen) atoms. The molecule has 4 heteroatoms. The lowest BCUT2D eigenvalue weighted by Crippen LogP contribution is -2.28. The molecule has 0 aromatic heterocycles. The summed E-state index contributed by atoms with van der Waals surface area (Å²) in [5.74, 6) is 0.859. The van der Waals surface area contributed by atoms with E-state index in [1.165, 1.54) is 0 Å². The second-order valence-electron chi connectivity index (χ2n) is 6.44. The Morgan fingerprint density at radius 3 is 1.95 bits per heavy atom. The standard InChI is InChI=1S/C18H28O4/c1-8-18(9-2,21-7)13-10-14(20-6)12-15(11-13)22-16(19)17(3,4)5/h10-12H,8-9H2,1-7H3. The van der Waals surface area contributed by atoms with E-state index < -0.39 is 11.0 Å². The number of benzene rings is 1. The van der Waals surface area contributed by atoms with Gasteiger partial charge in [-0.25, -0.2) is 0 Å². The number of carbonyl (C=O) groups is 1. The fourth-order valence-electron chi connectivity index (χ4n) is 2.34. The number of rotatable bonds is 6. The number of methoxy groups -OCH3 is 2. The zero-order valence-corrected chi connectivity index (χ0v) is 14.8. The van der Waals surface area contributed by atoms with Crippen molar-refractivity contribution in [2.24, 2.45) is 5.41 Å². The molecule has 0 atom stereocenters. The molecule has 0 unspecified atom stereocenters. The molecular formula is C18H28O4. The Morgan fingerprint density at radius 2 is 1.55 bits per heavy atom. The number of carbonyl (C=O) groups excluding carboxylic acids is 1. The third kappa shape index (κ3) is 4.01. The van der Waals surface area contributed by atoms with Crippen molar-refractivity contribution in [2.75, 3.05) is 14.2 Å². The van der Waals surface area contributed by atoms with E-state index in [1.807, 2.05) is 32.9 Å². The summed E-state index contributed by atoms with van der Waals surface area (Å²) in [6.07, 6.45) is 1.64. The maximum absolute atomic E-state index is 12.1. The van der Waals surface area contributed by atoms with E-state index in [9.17, 15) is 4.79 Å². The fourth-order valence-corrected chi connectivity index (χ4v) is 2.34. The Labute approximate surface area is 133 Å². The van der Waals surface area contributed by atoms with Gasteiger partial charge in [0, 0.05) is 13.2 Å². The predicted octanol–water partition coefficient (Wildman–Crippen LogP) is 4.31. The summed E-state index contributed by atoms with van der Waals surface area (Å²) in [6, 6.07) is 5.52. The molecule has 1 rings (SSSR count). The van der Waals surface area contributed by atoms with Gasteiger partial charge in [0.25, 0.3) is 0 Å². The van der Waals surface area contributed by atoms with Crippen molar-refractivity contribution in [3.8, 4) is 11.5 Å². The predicted molar refractivity (Wildman–Crippen MR) is 87.4 cm³/mol. The van der Waals surface area contributed by atoms with Crippen LogP contribution in [-0.2, 0) is 15.1 Å². The molecule has 0 fully saturated rings. The summed E-state index contributed by atoms with van der Waals surface area (Å²) < 4.78 is 16.6. The van der Waals surface area contributed by atoms with Crippen molar-refractivity contribution in [3.05, 3.63) is 23.8 Å². The minimum absolute atomic E-state index is 0.275. The van der Waals surface area contributed by atoms with E-state index in [2.05, 4.69) is 13.8 Å². The number of hydrogen-bond acceptors (Lipinski definition) is 4. The van der Waals surface area contributed by atoms with Crippen LogP contribution in [0, 0.1) is 5.41 Å². The van der Waals surface area contributed by atoms with Crippen molar-refractivity contribution < 1.29 is 19.0 Å². The Bertz CT molecular complexity index is 502. The molecule has 0 saturated carbocycles. The third-order valence-electron chi connectivity index (χ3n) is 4.00. The zero-order valence-electron chi connectivity index (χ0n) is 14.8. The van der Waals surface area contributed by atoms with Crippen LogP contribution < -0.4 is 9.47 Å². The maximum atomic E-state index is 12.1.